The topological polar surface area (TPSA) is 110 Å². The standard InChI is InChI=1S/C20H16F2N4O4S/c21-19(22)30-17-5-2-1-4-14(17)6-11-18(27)25-15-7-9-16(10-8-15)31(28,29)26-20-23-12-3-13-24-20/h1-13,19H,(H,25,27)(H,23,24,26)/b11-6+. The summed E-state index contributed by atoms with van der Waals surface area (Å²) in [5.41, 5.74) is 0.635. The van der Waals surface area contributed by atoms with Gasteiger partial charge in [0, 0.05) is 29.7 Å². The number of hydrogen-bond acceptors (Lipinski definition) is 6. The molecule has 2 aromatic carbocycles. The highest BCUT2D eigenvalue weighted by Crippen LogP contribution is 2.22. The number of aromatic nitrogens is 2. The quantitative estimate of drug-likeness (QED) is 0.512. The first-order valence-corrected chi connectivity index (χ1v) is 10.2. The van der Waals surface area contributed by atoms with Gasteiger partial charge in [-0.3, -0.25) is 4.79 Å². The molecule has 1 aromatic heterocycles. The van der Waals surface area contributed by atoms with Crippen LogP contribution in [0.3, 0.4) is 0 Å². The lowest BCUT2D eigenvalue weighted by Crippen LogP contribution is -2.15. The van der Waals surface area contributed by atoms with Crippen molar-refractivity contribution in [3.05, 3.63) is 78.6 Å². The Balaban J connectivity index is 1.65. The molecule has 11 heteroatoms. The predicted octanol–water partition coefficient (Wildman–Crippen LogP) is 3.53. The number of hydrogen-bond donors (Lipinski definition) is 2. The molecule has 0 aliphatic carbocycles. The van der Waals surface area contributed by atoms with Gasteiger partial charge >= 0.3 is 6.61 Å². The number of amides is 1. The van der Waals surface area contributed by atoms with Crippen LogP contribution in [0.2, 0.25) is 0 Å². The Morgan fingerprint density at radius 2 is 1.68 bits per heavy atom. The third-order valence-corrected chi connectivity index (χ3v) is 5.12. The van der Waals surface area contributed by atoms with Gasteiger partial charge in [0.25, 0.3) is 10.0 Å². The molecule has 2 N–H and O–H groups in total. The average Bonchev–Trinajstić information content (AvgIpc) is 2.73. The van der Waals surface area contributed by atoms with Crippen LogP contribution in [0, 0.1) is 0 Å². The summed E-state index contributed by atoms with van der Waals surface area (Å²) in [7, 11) is -3.90. The maximum Gasteiger partial charge on any atom is 0.387 e. The van der Waals surface area contributed by atoms with E-state index in [0.29, 0.717) is 11.3 Å². The number of benzene rings is 2. The Morgan fingerprint density at radius 3 is 2.35 bits per heavy atom. The number of sulfonamides is 1. The van der Waals surface area contributed by atoms with E-state index in [-0.39, 0.29) is 16.6 Å². The van der Waals surface area contributed by atoms with Gasteiger partial charge in [0.1, 0.15) is 5.75 Å². The van der Waals surface area contributed by atoms with Crippen molar-refractivity contribution in [3.63, 3.8) is 0 Å². The zero-order valence-electron chi connectivity index (χ0n) is 15.8. The van der Waals surface area contributed by atoms with Crippen LogP contribution in [0.4, 0.5) is 20.4 Å². The van der Waals surface area contributed by atoms with Crippen molar-refractivity contribution in [1.29, 1.82) is 0 Å². The lowest BCUT2D eigenvalue weighted by molar-refractivity contribution is -0.111. The Hall–Kier alpha value is -3.86. The fraction of sp³-hybridized carbons (Fsp3) is 0.0500. The van der Waals surface area contributed by atoms with Crippen LogP contribution in [0.5, 0.6) is 5.75 Å². The molecule has 0 unspecified atom stereocenters. The van der Waals surface area contributed by atoms with E-state index in [1.165, 1.54) is 60.9 Å². The average molecular weight is 446 g/mol. The van der Waals surface area contributed by atoms with Crippen LogP contribution in [-0.2, 0) is 14.8 Å². The summed E-state index contributed by atoms with van der Waals surface area (Å²) in [4.78, 5) is 19.7. The van der Waals surface area contributed by atoms with Crippen molar-refractivity contribution in [1.82, 2.24) is 9.97 Å². The molecule has 0 saturated carbocycles. The molecule has 3 rings (SSSR count). The lowest BCUT2D eigenvalue weighted by atomic mass is 10.2. The molecule has 1 amide bonds. The van der Waals surface area contributed by atoms with E-state index in [9.17, 15) is 22.0 Å². The number of ether oxygens (including phenoxy) is 1. The summed E-state index contributed by atoms with van der Waals surface area (Å²) in [6, 6.07) is 13.0. The second-order valence-electron chi connectivity index (χ2n) is 5.94. The number of nitrogens with zero attached hydrogens (tertiary/aromatic N) is 2. The molecule has 0 bridgehead atoms. The number of halogens is 2. The summed E-state index contributed by atoms with van der Waals surface area (Å²) in [6.07, 6.45) is 5.27. The normalized spacial score (nSPS) is 11.5. The van der Waals surface area contributed by atoms with Gasteiger partial charge in [-0.2, -0.15) is 8.78 Å². The molecule has 0 fully saturated rings. The van der Waals surface area contributed by atoms with Gasteiger partial charge < -0.3 is 10.1 Å². The van der Waals surface area contributed by atoms with E-state index in [0.717, 1.165) is 6.08 Å². The van der Waals surface area contributed by atoms with Crippen LogP contribution >= 0.6 is 0 Å². The number of anilines is 2. The van der Waals surface area contributed by atoms with Crippen molar-refractivity contribution in [3.8, 4) is 5.75 Å². The predicted molar refractivity (Wildman–Crippen MR) is 110 cm³/mol. The first-order chi connectivity index (χ1) is 14.8. The number of carbonyl (C=O) groups is 1. The van der Waals surface area contributed by atoms with E-state index in [4.69, 9.17) is 0 Å². The summed E-state index contributed by atoms with van der Waals surface area (Å²) >= 11 is 0. The minimum Gasteiger partial charge on any atom is -0.434 e. The molecule has 0 radical (unpaired) electrons. The van der Waals surface area contributed by atoms with Crippen molar-refractivity contribution >= 4 is 33.6 Å². The fourth-order valence-corrected chi connectivity index (χ4v) is 3.38. The zero-order chi connectivity index (χ0) is 22.3. The molecule has 3 aromatic rings. The van der Waals surface area contributed by atoms with Crippen LogP contribution in [0.25, 0.3) is 6.08 Å². The minimum atomic E-state index is -3.90. The molecule has 160 valence electrons. The van der Waals surface area contributed by atoms with Crippen LogP contribution in [0.1, 0.15) is 5.56 Å². The van der Waals surface area contributed by atoms with Crippen molar-refractivity contribution < 1.29 is 26.7 Å². The van der Waals surface area contributed by atoms with E-state index in [1.807, 2.05) is 0 Å². The Morgan fingerprint density at radius 1 is 1.00 bits per heavy atom. The van der Waals surface area contributed by atoms with Gasteiger partial charge in [-0.15, -0.1) is 0 Å². The monoisotopic (exact) mass is 446 g/mol. The number of para-hydroxylation sites is 1. The molecular formula is C20H16F2N4O4S. The minimum absolute atomic E-state index is 0.0495. The molecule has 0 aliphatic heterocycles. The third kappa shape index (κ3) is 6.31. The zero-order valence-corrected chi connectivity index (χ0v) is 16.6. The van der Waals surface area contributed by atoms with Gasteiger partial charge in [0.2, 0.25) is 11.9 Å². The van der Waals surface area contributed by atoms with Gasteiger partial charge in [0.05, 0.1) is 4.90 Å². The molecule has 8 nitrogen and oxygen atoms in total. The molecule has 31 heavy (non-hydrogen) atoms. The van der Waals surface area contributed by atoms with Gasteiger partial charge in [0.15, 0.2) is 0 Å². The van der Waals surface area contributed by atoms with Gasteiger partial charge in [-0.1, -0.05) is 18.2 Å². The molecule has 0 aliphatic rings. The lowest BCUT2D eigenvalue weighted by Gasteiger charge is -2.08. The molecular weight excluding hydrogens is 430 g/mol. The summed E-state index contributed by atoms with van der Waals surface area (Å²) < 4.78 is 56.2. The van der Waals surface area contributed by atoms with Crippen molar-refractivity contribution in [2.75, 3.05) is 10.0 Å². The number of carbonyl (C=O) groups excluding carboxylic acids is 1. The summed E-state index contributed by atoms with van der Waals surface area (Å²) in [6.45, 7) is -2.99. The molecule has 0 saturated heterocycles. The highest BCUT2D eigenvalue weighted by molar-refractivity contribution is 7.92. The SMILES string of the molecule is O=C(/C=C/c1ccccc1OC(F)F)Nc1ccc(S(=O)(=O)Nc2ncccn2)cc1. The summed E-state index contributed by atoms with van der Waals surface area (Å²) in [5.74, 6) is -0.676. The maximum atomic E-state index is 12.4. The largest absolute Gasteiger partial charge is 0.434 e. The van der Waals surface area contributed by atoms with Crippen molar-refractivity contribution in [2.24, 2.45) is 0 Å². The highest BCUT2D eigenvalue weighted by atomic mass is 32.2. The second kappa shape index (κ2) is 9.76. The molecule has 0 atom stereocenters. The van der Waals surface area contributed by atoms with Crippen LogP contribution in [-0.4, -0.2) is 30.9 Å². The number of alkyl halides is 2. The molecule has 0 spiro atoms. The van der Waals surface area contributed by atoms with Crippen LogP contribution < -0.4 is 14.8 Å². The fourth-order valence-electron chi connectivity index (χ4n) is 2.42. The van der Waals surface area contributed by atoms with Crippen LogP contribution in [0.15, 0.2) is 78.0 Å². The number of nitrogens with one attached hydrogen (secondary N) is 2. The highest BCUT2D eigenvalue weighted by Gasteiger charge is 2.15. The number of rotatable bonds is 8. The first-order valence-electron chi connectivity index (χ1n) is 8.76. The Bertz CT molecular complexity index is 1170. The maximum absolute atomic E-state index is 12.4. The van der Waals surface area contributed by atoms with Gasteiger partial charge in [-0.25, -0.2) is 23.1 Å². The first kappa shape index (κ1) is 21.8. The summed E-state index contributed by atoms with van der Waals surface area (Å²) in [5, 5.41) is 2.55. The molecule has 1 heterocycles. The van der Waals surface area contributed by atoms with E-state index < -0.39 is 22.5 Å². The van der Waals surface area contributed by atoms with E-state index in [1.54, 1.807) is 12.1 Å². The Labute approximate surface area is 176 Å². The van der Waals surface area contributed by atoms with Crippen molar-refractivity contribution in [2.45, 2.75) is 11.5 Å². The van der Waals surface area contributed by atoms with E-state index >= 15 is 0 Å². The van der Waals surface area contributed by atoms with E-state index in [2.05, 4.69) is 24.7 Å². The second-order valence-corrected chi connectivity index (χ2v) is 7.62. The third-order valence-electron chi connectivity index (χ3n) is 3.77. The Kier molecular flexibility index (Phi) is 6.88. The van der Waals surface area contributed by atoms with Gasteiger partial charge in [-0.05, 0) is 42.5 Å². The smallest absolute Gasteiger partial charge is 0.387 e.